The van der Waals surface area contributed by atoms with Crippen LogP contribution in [0.2, 0.25) is 0 Å². The molecule has 0 rings (SSSR count). The van der Waals surface area contributed by atoms with E-state index in [1.807, 2.05) is 20.8 Å². The zero-order chi connectivity index (χ0) is 45.3. The van der Waals surface area contributed by atoms with Crippen LogP contribution in [0.3, 0.4) is 0 Å². The number of aliphatic hydroxyl groups excluding tert-OH is 1. The van der Waals surface area contributed by atoms with Crippen LogP contribution in [0.25, 0.3) is 0 Å². The van der Waals surface area contributed by atoms with Gasteiger partial charge in [-0.3, -0.25) is 14.4 Å². The number of aliphatic hydroxyl groups is 1. The zero-order valence-electron chi connectivity index (χ0n) is 36.4. The molecule has 3 unspecified atom stereocenters. The van der Waals surface area contributed by atoms with Gasteiger partial charge in [-0.2, -0.15) is 0 Å². The van der Waals surface area contributed by atoms with E-state index in [2.05, 4.69) is 35.7 Å². The largest absolute Gasteiger partial charge is 0.465 e. The summed E-state index contributed by atoms with van der Waals surface area (Å²) in [5, 5.41) is 19.8. The SMILES string of the molecule is C=C(C)C(=O)OCCOCC(C)NCCC(=O)OCC(CO)(COC(=O)CCNC(C)COCCOC(=O)C(=C)C)COC(=O)CCNC(C)COCCOC(=O)C(=C)C. The van der Waals surface area contributed by atoms with Crippen LogP contribution in [0.15, 0.2) is 36.5 Å². The molecule has 19 heteroatoms. The van der Waals surface area contributed by atoms with Crippen molar-refractivity contribution in [3.63, 3.8) is 0 Å². The number of ether oxygens (including phenoxy) is 9. The molecule has 344 valence electrons. The van der Waals surface area contributed by atoms with E-state index in [1.54, 1.807) is 20.8 Å². The molecular weight excluding hydrogens is 790 g/mol. The Kier molecular flexibility index (Phi) is 31.1. The minimum absolute atomic E-state index is 0.0396. The Morgan fingerprint density at radius 3 is 0.983 bits per heavy atom. The molecular formula is C41H69N3O16. The third-order valence-electron chi connectivity index (χ3n) is 7.95. The Balaban J connectivity index is 4.98. The Labute approximate surface area is 354 Å². The van der Waals surface area contributed by atoms with Crippen LogP contribution >= 0.6 is 0 Å². The highest BCUT2D eigenvalue weighted by atomic mass is 16.6. The number of carbonyl (C=O) groups excluding carboxylic acids is 6. The normalized spacial score (nSPS) is 13.4. The summed E-state index contributed by atoms with van der Waals surface area (Å²) in [6, 6.07) is -0.426. The number of rotatable bonds is 37. The predicted molar refractivity (Wildman–Crippen MR) is 218 cm³/mol. The van der Waals surface area contributed by atoms with Crippen molar-refractivity contribution >= 4 is 35.8 Å². The monoisotopic (exact) mass is 859 g/mol. The van der Waals surface area contributed by atoms with Crippen LogP contribution < -0.4 is 16.0 Å². The zero-order valence-corrected chi connectivity index (χ0v) is 36.4. The molecule has 0 aliphatic rings. The molecule has 0 spiro atoms. The van der Waals surface area contributed by atoms with Crippen LogP contribution in [0.5, 0.6) is 0 Å². The summed E-state index contributed by atoms with van der Waals surface area (Å²) in [6.07, 6.45) is -0.119. The highest BCUT2D eigenvalue weighted by Gasteiger charge is 2.35. The molecule has 0 aromatic rings. The van der Waals surface area contributed by atoms with Gasteiger partial charge in [0.05, 0.1) is 70.9 Å². The van der Waals surface area contributed by atoms with Gasteiger partial charge in [-0.25, -0.2) is 14.4 Å². The van der Waals surface area contributed by atoms with Crippen molar-refractivity contribution in [1.82, 2.24) is 16.0 Å². The maximum atomic E-state index is 12.7. The van der Waals surface area contributed by atoms with Gasteiger partial charge in [-0.1, -0.05) is 19.7 Å². The van der Waals surface area contributed by atoms with Gasteiger partial charge in [0.1, 0.15) is 39.6 Å². The molecule has 0 aromatic carbocycles. The molecule has 0 heterocycles. The summed E-state index contributed by atoms with van der Waals surface area (Å²) in [5.41, 5.74) is -0.569. The van der Waals surface area contributed by atoms with Crippen molar-refractivity contribution in [2.75, 3.05) is 106 Å². The molecule has 0 aliphatic heterocycles. The van der Waals surface area contributed by atoms with E-state index < -0.39 is 67.7 Å². The highest BCUT2D eigenvalue weighted by molar-refractivity contribution is 5.87. The third-order valence-corrected chi connectivity index (χ3v) is 7.95. The molecule has 60 heavy (non-hydrogen) atoms. The van der Waals surface area contributed by atoms with Crippen LogP contribution in [-0.2, 0) is 71.4 Å². The molecule has 0 amide bonds. The number of hydrogen-bond acceptors (Lipinski definition) is 19. The second kappa shape index (κ2) is 33.5. The van der Waals surface area contributed by atoms with E-state index >= 15 is 0 Å². The molecule has 0 radical (unpaired) electrons. The van der Waals surface area contributed by atoms with Crippen molar-refractivity contribution in [1.29, 1.82) is 0 Å². The van der Waals surface area contributed by atoms with Gasteiger partial charge < -0.3 is 63.7 Å². The van der Waals surface area contributed by atoms with E-state index in [4.69, 9.17) is 42.6 Å². The summed E-state index contributed by atoms with van der Waals surface area (Å²) >= 11 is 0. The smallest absolute Gasteiger partial charge is 0.333 e. The molecule has 0 aliphatic carbocycles. The fourth-order valence-electron chi connectivity index (χ4n) is 4.35. The Morgan fingerprint density at radius 2 is 0.750 bits per heavy atom. The van der Waals surface area contributed by atoms with Crippen molar-refractivity contribution in [3.05, 3.63) is 36.5 Å². The van der Waals surface area contributed by atoms with E-state index in [1.165, 1.54) is 0 Å². The fourth-order valence-corrected chi connectivity index (χ4v) is 4.35. The average molecular weight is 860 g/mol. The summed E-state index contributed by atoms with van der Waals surface area (Å²) in [5.74, 6) is -3.32. The quantitative estimate of drug-likeness (QED) is 0.0296. The van der Waals surface area contributed by atoms with Gasteiger partial charge in [-0.15, -0.1) is 0 Å². The first-order valence-corrected chi connectivity index (χ1v) is 19.9. The summed E-state index contributed by atoms with van der Waals surface area (Å²) in [6.45, 7) is 21.2. The summed E-state index contributed by atoms with van der Waals surface area (Å²) in [7, 11) is 0. The molecule has 3 atom stereocenters. The first kappa shape index (κ1) is 55.8. The number of hydrogen-bond donors (Lipinski definition) is 4. The van der Waals surface area contributed by atoms with E-state index in [-0.39, 0.29) is 116 Å². The lowest BCUT2D eigenvalue weighted by Gasteiger charge is -2.30. The lowest BCUT2D eigenvalue weighted by molar-refractivity contribution is -0.165. The average Bonchev–Trinajstić information content (AvgIpc) is 3.19. The van der Waals surface area contributed by atoms with Gasteiger partial charge in [0, 0.05) is 54.5 Å². The van der Waals surface area contributed by atoms with Crippen LogP contribution in [0, 0.1) is 5.41 Å². The topological polar surface area (TPSA) is 242 Å². The van der Waals surface area contributed by atoms with Gasteiger partial charge in [0.2, 0.25) is 0 Å². The molecule has 0 aromatic heterocycles. The van der Waals surface area contributed by atoms with Gasteiger partial charge >= 0.3 is 35.8 Å². The Morgan fingerprint density at radius 1 is 0.483 bits per heavy atom. The van der Waals surface area contributed by atoms with E-state index in [9.17, 15) is 33.9 Å². The van der Waals surface area contributed by atoms with Gasteiger partial charge in [0.25, 0.3) is 0 Å². The standard InChI is InChI=1S/C41H69N3O16/c1-29(2)38(49)55-19-16-52-22-32(7)42-13-10-35(46)58-26-41(25-45,27-59-36(47)11-14-43-33(8)23-53-17-20-56-39(50)30(3)4)28-60-37(48)12-15-44-34(9)24-54-18-21-57-40(51)31(5)6/h32-34,42-45H,1,3,5,10-28H2,2,4,6-9H3. The molecule has 0 fully saturated rings. The van der Waals surface area contributed by atoms with Crippen LogP contribution in [0.4, 0.5) is 0 Å². The number of esters is 6. The highest BCUT2D eigenvalue weighted by Crippen LogP contribution is 2.20. The predicted octanol–water partition coefficient (Wildman–Crippen LogP) is 1.11. The number of nitrogens with one attached hydrogen (secondary N) is 3. The first-order valence-electron chi connectivity index (χ1n) is 19.9. The maximum Gasteiger partial charge on any atom is 0.333 e. The van der Waals surface area contributed by atoms with Crippen molar-refractivity contribution in [3.8, 4) is 0 Å². The minimum atomic E-state index is -1.45. The second-order valence-electron chi connectivity index (χ2n) is 14.4. The molecule has 0 bridgehead atoms. The van der Waals surface area contributed by atoms with Gasteiger partial charge in [0.15, 0.2) is 0 Å². The van der Waals surface area contributed by atoms with Crippen molar-refractivity contribution in [2.24, 2.45) is 5.41 Å². The molecule has 0 saturated heterocycles. The lowest BCUT2D eigenvalue weighted by Crippen LogP contribution is -2.43. The van der Waals surface area contributed by atoms with Crippen molar-refractivity contribution in [2.45, 2.75) is 78.9 Å². The molecule has 4 N–H and O–H groups in total. The van der Waals surface area contributed by atoms with Gasteiger partial charge in [-0.05, 0) is 41.5 Å². The lowest BCUT2D eigenvalue weighted by atomic mass is 9.92. The minimum Gasteiger partial charge on any atom is -0.465 e. The molecule has 0 saturated carbocycles. The third kappa shape index (κ3) is 29.9. The van der Waals surface area contributed by atoms with E-state index in [0.29, 0.717) is 16.7 Å². The second-order valence-corrected chi connectivity index (χ2v) is 14.4. The van der Waals surface area contributed by atoms with Crippen molar-refractivity contribution < 1.29 is 76.5 Å². The summed E-state index contributed by atoms with van der Waals surface area (Å²) in [4.78, 5) is 72.4. The van der Waals surface area contributed by atoms with Crippen LogP contribution in [0.1, 0.15) is 60.8 Å². The van der Waals surface area contributed by atoms with Crippen LogP contribution in [-0.4, -0.2) is 165 Å². The summed E-state index contributed by atoms with van der Waals surface area (Å²) < 4.78 is 47.7. The first-order chi connectivity index (χ1) is 28.4. The Bertz CT molecular complexity index is 1200. The molecule has 19 nitrogen and oxygen atoms in total. The fraction of sp³-hybridized carbons (Fsp3) is 0.707. The Hall–Kier alpha value is -4.24. The maximum absolute atomic E-state index is 12.7. The van der Waals surface area contributed by atoms with E-state index in [0.717, 1.165) is 0 Å². The number of carbonyl (C=O) groups is 6.